The van der Waals surface area contributed by atoms with E-state index in [2.05, 4.69) is 17.6 Å². The molecule has 0 saturated carbocycles. The summed E-state index contributed by atoms with van der Waals surface area (Å²) in [4.78, 5) is 12.6. The molecule has 1 fully saturated rings. The molecule has 0 aliphatic carbocycles. The van der Waals surface area contributed by atoms with Gasteiger partial charge in [-0.1, -0.05) is 19.1 Å². The molecule has 1 saturated heterocycles. The average molecular weight is 278 g/mol. The molecule has 1 amide bonds. The molecule has 1 aromatic rings. The highest BCUT2D eigenvalue weighted by molar-refractivity contribution is 5.83. The monoisotopic (exact) mass is 278 g/mol. The van der Waals surface area contributed by atoms with E-state index in [0.29, 0.717) is 0 Å². The van der Waals surface area contributed by atoms with Gasteiger partial charge in [0.2, 0.25) is 5.91 Å². The summed E-state index contributed by atoms with van der Waals surface area (Å²) in [6, 6.07) is 6.19. The number of piperidine rings is 1. The molecular formula is C16H23FN2O. The van der Waals surface area contributed by atoms with E-state index in [1.54, 1.807) is 12.1 Å². The Hall–Kier alpha value is -1.42. The molecule has 2 N–H and O–H groups in total. The van der Waals surface area contributed by atoms with Crippen molar-refractivity contribution >= 4 is 5.91 Å². The Morgan fingerprint density at radius 3 is 2.70 bits per heavy atom. The van der Waals surface area contributed by atoms with Crippen LogP contribution < -0.4 is 10.6 Å². The van der Waals surface area contributed by atoms with Crippen LogP contribution in [0.25, 0.3) is 0 Å². The lowest BCUT2D eigenvalue weighted by atomic mass is 9.77. The van der Waals surface area contributed by atoms with E-state index in [1.807, 2.05) is 6.92 Å². The Balaban J connectivity index is 2.04. The first-order valence-corrected chi connectivity index (χ1v) is 7.34. The van der Waals surface area contributed by atoms with Gasteiger partial charge >= 0.3 is 0 Å². The van der Waals surface area contributed by atoms with Crippen molar-refractivity contribution < 1.29 is 9.18 Å². The minimum absolute atomic E-state index is 0.101. The minimum Gasteiger partial charge on any atom is -0.349 e. The summed E-state index contributed by atoms with van der Waals surface area (Å²) in [5.74, 6) is -0.155. The van der Waals surface area contributed by atoms with Crippen molar-refractivity contribution in [1.29, 1.82) is 0 Å². The number of carbonyl (C=O) groups is 1. The van der Waals surface area contributed by atoms with Crippen molar-refractivity contribution in [1.82, 2.24) is 10.6 Å². The standard InChI is InChI=1S/C16H23FN2O/c1-3-16(9-4-10-18-11-16)15(20)19-12(2)13-5-7-14(17)8-6-13/h5-8,12,18H,3-4,9-11H2,1-2H3,(H,19,20). The molecule has 1 heterocycles. The largest absolute Gasteiger partial charge is 0.349 e. The SMILES string of the molecule is CCC1(C(=O)NC(C)c2ccc(F)cc2)CCCNC1. The van der Waals surface area contributed by atoms with Crippen molar-refractivity contribution in [3.05, 3.63) is 35.6 Å². The van der Waals surface area contributed by atoms with Crippen LogP contribution in [0.1, 0.15) is 44.7 Å². The first kappa shape index (κ1) is 15.0. The Labute approximate surface area is 120 Å². The molecule has 20 heavy (non-hydrogen) atoms. The smallest absolute Gasteiger partial charge is 0.227 e. The van der Waals surface area contributed by atoms with Gasteiger partial charge in [0.05, 0.1) is 11.5 Å². The number of amides is 1. The molecule has 1 aliphatic rings. The van der Waals surface area contributed by atoms with E-state index in [0.717, 1.165) is 37.9 Å². The van der Waals surface area contributed by atoms with Crippen molar-refractivity contribution in [2.24, 2.45) is 5.41 Å². The predicted molar refractivity (Wildman–Crippen MR) is 77.8 cm³/mol. The van der Waals surface area contributed by atoms with Crippen LogP contribution in [-0.4, -0.2) is 19.0 Å². The lowest BCUT2D eigenvalue weighted by Gasteiger charge is -2.36. The third-order valence-electron chi connectivity index (χ3n) is 4.35. The van der Waals surface area contributed by atoms with Crippen LogP contribution in [0.15, 0.2) is 24.3 Å². The third-order valence-corrected chi connectivity index (χ3v) is 4.35. The molecule has 2 atom stereocenters. The number of hydrogen-bond acceptors (Lipinski definition) is 2. The summed E-state index contributed by atoms with van der Waals surface area (Å²) in [6.45, 7) is 5.73. The van der Waals surface area contributed by atoms with Gasteiger partial charge in [-0.05, 0) is 50.4 Å². The minimum atomic E-state index is -0.299. The number of nitrogens with one attached hydrogen (secondary N) is 2. The zero-order valence-corrected chi connectivity index (χ0v) is 12.2. The van der Waals surface area contributed by atoms with Crippen LogP contribution in [-0.2, 0) is 4.79 Å². The Morgan fingerprint density at radius 1 is 1.45 bits per heavy atom. The van der Waals surface area contributed by atoms with Crippen LogP contribution in [0, 0.1) is 11.2 Å². The second-order valence-electron chi connectivity index (χ2n) is 5.66. The molecule has 0 radical (unpaired) electrons. The molecule has 1 aliphatic heterocycles. The van der Waals surface area contributed by atoms with Gasteiger partial charge in [-0.3, -0.25) is 4.79 Å². The van der Waals surface area contributed by atoms with Gasteiger partial charge in [0.15, 0.2) is 0 Å². The van der Waals surface area contributed by atoms with Crippen molar-refractivity contribution in [3.8, 4) is 0 Å². The van der Waals surface area contributed by atoms with Gasteiger partial charge < -0.3 is 10.6 Å². The molecule has 0 spiro atoms. The summed E-state index contributed by atoms with van der Waals surface area (Å²) in [5.41, 5.74) is 0.627. The molecule has 4 heteroatoms. The van der Waals surface area contributed by atoms with Crippen LogP contribution >= 0.6 is 0 Å². The van der Waals surface area contributed by atoms with Crippen molar-refractivity contribution in [2.75, 3.05) is 13.1 Å². The maximum absolute atomic E-state index is 12.9. The predicted octanol–water partition coefficient (Wildman–Crippen LogP) is 2.78. The Bertz CT molecular complexity index is 452. The first-order valence-electron chi connectivity index (χ1n) is 7.34. The molecule has 2 rings (SSSR count). The van der Waals surface area contributed by atoms with Crippen LogP contribution in [0.4, 0.5) is 4.39 Å². The van der Waals surface area contributed by atoms with Crippen molar-refractivity contribution in [3.63, 3.8) is 0 Å². The van der Waals surface area contributed by atoms with Crippen LogP contribution in [0.3, 0.4) is 0 Å². The molecule has 3 nitrogen and oxygen atoms in total. The van der Waals surface area contributed by atoms with Gasteiger partial charge in [0, 0.05) is 6.54 Å². The molecule has 110 valence electrons. The quantitative estimate of drug-likeness (QED) is 0.889. The van der Waals surface area contributed by atoms with Crippen molar-refractivity contribution in [2.45, 2.75) is 39.2 Å². The van der Waals surface area contributed by atoms with E-state index in [-0.39, 0.29) is 23.2 Å². The highest BCUT2D eigenvalue weighted by Gasteiger charge is 2.38. The molecular weight excluding hydrogens is 255 g/mol. The zero-order chi connectivity index (χ0) is 14.6. The maximum Gasteiger partial charge on any atom is 0.227 e. The molecule has 0 bridgehead atoms. The lowest BCUT2D eigenvalue weighted by Crippen LogP contribution is -2.50. The number of rotatable bonds is 4. The number of hydrogen-bond donors (Lipinski definition) is 2. The third kappa shape index (κ3) is 3.18. The van der Waals surface area contributed by atoms with E-state index in [1.165, 1.54) is 12.1 Å². The van der Waals surface area contributed by atoms with Gasteiger partial charge in [-0.2, -0.15) is 0 Å². The van der Waals surface area contributed by atoms with Gasteiger partial charge in [-0.15, -0.1) is 0 Å². The zero-order valence-electron chi connectivity index (χ0n) is 12.2. The second-order valence-corrected chi connectivity index (χ2v) is 5.66. The van der Waals surface area contributed by atoms with Crippen LogP contribution in [0.5, 0.6) is 0 Å². The highest BCUT2D eigenvalue weighted by Crippen LogP contribution is 2.31. The summed E-state index contributed by atoms with van der Waals surface area (Å²) in [5, 5.41) is 6.39. The fourth-order valence-corrected chi connectivity index (χ4v) is 2.81. The summed E-state index contributed by atoms with van der Waals surface area (Å²) in [6.07, 6.45) is 2.80. The van der Waals surface area contributed by atoms with E-state index < -0.39 is 0 Å². The highest BCUT2D eigenvalue weighted by atomic mass is 19.1. The number of benzene rings is 1. The summed E-state index contributed by atoms with van der Waals surface area (Å²) < 4.78 is 12.9. The van der Waals surface area contributed by atoms with Gasteiger partial charge in [0.1, 0.15) is 5.82 Å². The normalized spacial score (nSPS) is 24.1. The maximum atomic E-state index is 12.9. The topological polar surface area (TPSA) is 41.1 Å². The molecule has 0 aromatic heterocycles. The van der Waals surface area contributed by atoms with Crippen LogP contribution in [0.2, 0.25) is 0 Å². The summed E-state index contributed by atoms with van der Waals surface area (Å²) >= 11 is 0. The van der Waals surface area contributed by atoms with E-state index in [9.17, 15) is 9.18 Å². The number of carbonyl (C=O) groups excluding carboxylic acids is 1. The average Bonchev–Trinajstić information content (AvgIpc) is 2.48. The van der Waals surface area contributed by atoms with E-state index in [4.69, 9.17) is 0 Å². The Morgan fingerprint density at radius 2 is 2.15 bits per heavy atom. The van der Waals surface area contributed by atoms with E-state index >= 15 is 0 Å². The molecule has 1 aromatic carbocycles. The first-order chi connectivity index (χ1) is 9.57. The second kappa shape index (κ2) is 6.35. The fourth-order valence-electron chi connectivity index (χ4n) is 2.81. The fraction of sp³-hybridized carbons (Fsp3) is 0.562. The molecule has 2 unspecified atom stereocenters. The Kier molecular flexibility index (Phi) is 4.76. The summed E-state index contributed by atoms with van der Waals surface area (Å²) in [7, 11) is 0. The van der Waals surface area contributed by atoms with Gasteiger partial charge in [0.25, 0.3) is 0 Å². The van der Waals surface area contributed by atoms with Gasteiger partial charge in [-0.25, -0.2) is 4.39 Å². The number of halogens is 1. The lowest BCUT2D eigenvalue weighted by molar-refractivity contribution is -0.133.